The first kappa shape index (κ1) is 26.1. The van der Waals surface area contributed by atoms with Crippen molar-refractivity contribution in [2.45, 2.75) is 12.5 Å². The lowest BCUT2D eigenvalue weighted by atomic mass is 10.1. The SMILES string of the molecule is COc1ccc(C=Cc2cc(OC)c(OC)c(OC)c2)cc1N.NC(=O)[C@H](N)Cc1c[nH]cn1. The second kappa shape index (κ2) is 12.8. The lowest BCUT2D eigenvalue weighted by molar-refractivity contribution is -0.119. The maximum atomic E-state index is 10.5. The Balaban J connectivity index is 0.000000310. The van der Waals surface area contributed by atoms with Crippen LogP contribution in [0.2, 0.25) is 0 Å². The molecule has 0 spiro atoms. The highest BCUT2D eigenvalue weighted by atomic mass is 16.5. The van der Waals surface area contributed by atoms with Crippen molar-refractivity contribution in [2.24, 2.45) is 11.5 Å². The summed E-state index contributed by atoms with van der Waals surface area (Å²) in [7, 11) is 6.36. The Kier molecular flexibility index (Phi) is 9.78. The molecule has 0 bridgehead atoms. The number of anilines is 1. The normalized spacial score (nSPS) is 11.3. The summed E-state index contributed by atoms with van der Waals surface area (Å²) < 4.78 is 21.2. The van der Waals surface area contributed by atoms with Crippen LogP contribution >= 0.6 is 0 Å². The summed E-state index contributed by atoms with van der Waals surface area (Å²) in [4.78, 5) is 17.1. The Hall–Kier alpha value is -4.18. The topological polar surface area (TPSA) is 161 Å². The van der Waals surface area contributed by atoms with Gasteiger partial charge in [-0.2, -0.15) is 0 Å². The molecule has 0 aliphatic carbocycles. The van der Waals surface area contributed by atoms with E-state index in [2.05, 4.69) is 9.97 Å². The first-order valence-corrected chi connectivity index (χ1v) is 10.3. The number of carbonyl (C=O) groups is 1. The van der Waals surface area contributed by atoms with Crippen molar-refractivity contribution in [2.75, 3.05) is 34.2 Å². The van der Waals surface area contributed by atoms with E-state index in [4.69, 9.17) is 36.1 Å². The number of primary amides is 1. The van der Waals surface area contributed by atoms with E-state index >= 15 is 0 Å². The molecule has 0 saturated heterocycles. The van der Waals surface area contributed by atoms with Crippen LogP contribution in [-0.4, -0.2) is 50.4 Å². The van der Waals surface area contributed by atoms with Crippen LogP contribution in [-0.2, 0) is 11.2 Å². The maximum Gasteiger partial charge on any atom is 0.234 e. The Labute approximate surface area is 198 Å². The van der Waals surface area contributed by atoms with Crippen LogP contribution < -0.4 is 36.1 Å². The van der Waals surface area contributed by atoms with E-state index in [1.54, 1.807) is 34.6 Å². The molecule has 10 nitrogen and oxygen atoms in total. The number of nitrogens with zero attached hydrogens (tertiary/aromatic N) is 1. The van der Waals surface area contributed by atoms with Gasteiger partial charge in [-0.1, -0.05) is 18.2 Å². The highest BCUT2D eigenvalue weighted by molar-refractivity contribution is 5.79. The van der Waals surface area contributed by atoms with Crippen LogP contribution in [0.15, 0.2) is 42.9 Å². The monoisotopic (exact) mass is 469 g/mol. The summed E-state index contributed by atoms with van der Waals surface area (Å²) in [6, 6.07) is 8.75. The van der Waals surface area contributed by atoms with Gasteiger partial charge in [-0.25, -0.2) is 4.98 Å². The molecule has 0 aliphatic rings. The van der Waals surface area contributed by atoms with Gasteiger partial charge in [-0.05, 0) is 35.4 Å². The van der Waals surface area contributed by atoms with Crippen LogP contribution in [0.1, 0.15) is 16.8 Å². The summed E-state index contributed by atoms with van der Waals surface area (Å²) in [6.45, 7) is 0. The zero-order valence-electron chi connectivity index (χ0n) is 19.7. The van der Waals surface area contributed by atoms with E-state index in [0.717, 1.165) is 16.8 Å². The molecule has 0 saturated carbocycles. The van der Waals surface area contributed by atoms with Gasteiger partial charge in [0.25, 0.3) is 0 Å². The van der Waals surface area contributed by atoms with Crippen LogP contribution in [0.25, 0.3) is 12.2 Å². The largest absolute Gasteiger partial charge is 0.495 e. The van der Waals surface area contributed by atoms with Crippen molar-refractivity contribution in [1.82, 2.24) is 9.97 Å². The maximum absolute atomic E-state index is 10.5. The van der Waals surface area contributed by atoms with Crippen LogP contribution in [0.3, 0.4) is 0 Å². The summed E-state index contributed by atoms with van der Waals surface area (Å²) in [5.41, 5.74) is 19.5. The van der Waals surface area contributed by atoms with Gasteiger partial charge in [-0.15, -0.1) is 0 Å². The van der Waals surface area contributed by atoms with E-state index in [0.29, 0.717) is 35.1 Å². The molecule has 7 N–H and O–H groups in total. The molecular formula is C24H31N5O5. The van der Waals surface area contributed by atoms with E-state index in [9.17, 15) is 4.79 Å². The minimum atomic E-state index is -0.640. The summed E-state index contributed by atoms with van der Waals surface area (Å²) in [6.07, 6.45) is 7.51. The van der Waals surface area contributed by atoms with E-state index in [-0.39, 0.29) is 0 Å². The molecule has 34 heavy (non-hydrogen) atoms. The van der Waals surface area contributed by atoms with Gasteiger partial charge >= 0.3 is 0 Å². The molecule has 0 fully saturated rings. The molecule has 0 radical (unpaired) electrons. The first-order chi connectivity index (χ1) is 16.3. The first-order valence-electron chi connectivity index (χ1n) is 10.3. The zero-order valence-corrected chi connectivity index (χ0v) is 19.7. The molecule has 2 aromatic carbocycles. The van der Waals surface area contributed by atoms with Crippen molar-refractivity contribution >= 4 is 23.7 Å². The number of benzene rings is 2. The second-order valence-corrected chi connectivity index (χ2v) is 7.07. The average molecular weight is 470 g/mol. The van der Waals surface area contributed by atoms with Gasteiger partial charge in [0, 0.05) is 12.6 Å². The second-order valence-electron chi connectivity index (χ2n) is 7.07. The lowest BCUT2D eigenvalue weighted by Crippen LogP contribution is -2.38. The minimum absolute atomic E-state index is 0.388. The molecule has 1 atom stereocenters. The molecule has 3 rings (SSSR count). The van der Waals surface area contributed by atoms with Gasteiger partial charge in [0.15, 0.2) is 11.5 Å². The molecule has 182 valence electrons. The molecule has 0 aliphatic heterocycles. The molecule has 10 heteroatoms. The Bertz CT molecular complexity index is 1070. The number of nitrogen functional groups attached to an aromatic ring is 1. The number of nitrogens with two attached hydrogens (primary N) is 3. The lowest BCUT2D eigenvalue weighted by Gasteiger charge is -2.12. The predicted octanol–water partition coefficient (Wildman–Crippen LogP) is 2.24. The van der Waals surface area contributed by atoms with E-state index in [1.807, 2.05) is 42.5 Å². The number of methoxy groups -OCH3 is 4. The van der Waals surface area contributed by atoms with Gasteiger partial charge in [0.2, 0.25) is 11.7 Å². The number of aromatic amines is 1. The number of carbonyl (C=O) groups excluding carboxylic acids is 1. The minimum Gasteiger partial charge on any atom is -0.495 e. The van der Waals surface area contributed by atoms with Crippen LogP contribution in [0.4, 0.5) is 5.69 Å². The molecule has 1 aromatic heterocycles. The third-order valence-electron chi connectivity index (χ3n) is 4.76. The van der Waals surface area contributed by atoms with E-state index < -0.39 is 11.9 Å². The number of imidazole rings is 1. The number of hydrogen-bond acceptors (Lipinski definition) is 8. The molecule has 1 amide bonds. The number of rotatable bonds is 9. The standard InChI is InChI=1S/C18H21NO4.C6H10N4O/c1-20-15-8-7-12(9-14(15)19)5-6-13-10-16(21-2)18(23-4)17(11-13)22-3;7-5(6(8)11)1-4-2-9-3-10-4/h5-11H,19H2,1-4H3;2-3,5H,1,7H2,(H2,8,11)(H,9,10)/t;5-/m.1/s1. The smallest absolute Gasteiger partial charge is 0.234 e. The highest BCUT2D eigenvalue weighted by Gasteiger charge is 2.12. The zero-order chi connectivity index (χ0) is 25.1. The summed E-state index contributed by atoms with van der Waals surface area (Å²) >= 11 is 0. The average Bonchev–Trinajstić information content (AvgIpc) is 3.35. The van der Waals surface area contributed by atoms with E-state index in [1.165, 1.54) is 6.33 Å². The number of H-pyrrole nitrogens is 1. The molecule has 0 unspecified atom stereocenters. The number of nitrogens with one attached hydrogen (secondary N) is 1. The van der Waals surface area contributed by atoms with Crippen molar-refractivity contribution < 1.29 is 23.7 Å². The van der Waals surface area contributed by atoms with Crippen LogP contribution in [0.5, 0.6) is 23.0 Å². The molecule has 3 aromatic rings. The van der Waals surface area contributed by atoms with Crippen molar-refractivity contribution in [3.63, 3.8) is 0 Å². The number of hydrogen-bond donors (Lipinski definition) is 4. The highest BCUT2D eigenvalue weighted by Crippen LogP contribution is 2.38. The fourth-order valence-corrected chi connectivity index (χ4v) is 2.97. The van der Waals surface area contributed by atoms with Gasteiger partial charge in [0.05, 0.1) is 52.2 Å². The van der Waals surface area contributed by atoms with Gasteiger partial charge in [0.1, 0.15) is 5.75 Å². The van der Waals surface area contributed by atoms with Gasteiger partial charge in [-0.3, -0.25) is 4.79 Å². The molecule has 1 heterocycles. The Morgan fingerprint density at radius 2 is 1.59 bits per heavy atom. The third kappa shape index (κ3) is 7.17. The Morgan fingerprint density at radius 1 is 0.971 bits per heavy atom. The fraction of sp³-hybridized carbons (Fsp3) is 0.250. The summed E-state index contributed by atoms with van der Waals surface area (Å²) in [5, 5.41) is 0. The number of amides is 1. The number of aromatic nitrogens is 2. The Morgan fingerprint density at radius 3 is 2.06 bits per heavy atom. The number of ether oxygens (including phenoxy) is 4. The van der Waals surface area contributed by atoms with Crippen molar-refractivity contribution in [3.05, 3.63) is 59.7 Å². The third-order valence-corrected chi connectivity index (χ3v) is 4.76. The summed E-state index contributed by atoms with van der Waals surface area (Å²) in [5.74, 6) is 1.95. The van der Waals surface area contributed by atoms with Gasteiger partial charge < -0.3 is 41.1 Å². The predicted molar refractivity (Wildman–Crippen MR) is 132 cm³/mol. The van der Waals surface area contributed by atoms with Crippen molar-refractivity contribution in [1.29, 1.82) is 0 Å². The quantitative estimate of drug-likeness (QED) is 0.274. The van der Waals surface area contributed by atoms with Crippen molar-refractivity contribution in [3.8, 4) is 23.0 Å². The van der Waals surface area contributed by atoms with Crippen LogP contribution in [0, 0.1) is 0 Å². The molecular weight excluding hydrogens is 438 g/mol. The fourth-order valence-electron chi connectivity index (χ4n) is 2.97.